The highest BCUT2D eigenvalue weighted by molar-refractivity contribution is 5.68. The lowest BCUT2D eigenvalue weighted by Gasteiger charge is -2.27. The van der Waals surface area contributed by atoms with Crippen molar-refractivity contribution in [3.05, 3.63) is 30.3 Å². The van der Waals surface area contributed by atoms with Crippen molar-refractivity contribution in [2.45, 2.75) is 32.7 Å². The molecule has 0 aliphatic heterocycles. The predicted molar refractivity (Wildman–Crippen MR) is 65.3 cm³/mol. The number of amides is 1. The molecule has 0 spiro atoms. The molecule has 1 rings (SSSR count). The van der Waals surface area contributed by atoms with Crippen molar-refractivity contribution >= 4 is 11.8 Å². The van der Waals surface area contributed by atoms with E-state index in [1.165, 1.54) is 32.9 Å². The van der Waals surface area contributed by atoms with Crippen LogP contribution in [0.3, 0.4) is 0 Å². The van der Waals surface area contributed by atoms with Crippen LogP contribution in [-0.2, 0) is 9.57 Å². The summed E-state index contributed by atoms with van der Waals surface area (Å²) >= 11 is 0. The monoisotopic (exact) mass is 292 g/mol. The number of hydroxylamine groups is 1. The molecule has 0 saturated heterocycles. The minimum Gasteiger partial charge on any atom is -0.441 e. The van der Waals surface area contributed by atoms with Crippen molar-refractivity contribution < 1.29 is 27.5 Å². The first-order valence-corrected chi connectivity index (χ1v) is 5.67. The van der Waals surface area contributed by atoms with E-state index in [1.807, 2.05) is 0 Å². The Morgan fingerprint density at radius 2 is 1.70 bits per heavy atom. The summed E-state index contributed by atoms with van der Waals surface area (Å²) in [4.78, 5) is 15.3. The van der Waals surface area contributed by atoms with Crippen molar-refractivity contribution in [3.8, 4) is 0 Å². The van der Waals surface area contributed by atoms with E-state index in [0.717, 1.165) is 0 Å². The fourth-order valence-corrected chi connectivity index (χ4v) is 1.14. The number of hydrazine groups is 1. The second-order valence-corrected chi connectivity index (χ2v) is 4.79. The number of ether oxygens (including phenoxy) is 1. The molecule has 20 heavy (non-hydrogen) atoms. The fraction of sp³-hybridized carbons (Fsp3) is 0.417. The number of halogens is 3. The van der Waals surface area contributed by atoms with Gasteiger partial charge in [0.1, 0.15) is 5.60 Å². The Kier molecular flexibility index (Phi) is 4.83. The number of para-hydroxylation sites is 1. The number of nitrogens with one attached hydrogen (secondary N) is 1. The van der Waals surface area contributed by atoms with Gasteiger partial charge in [-0.3, -0.25) is 5.43 Å². The zero-order chi connectivity index (χ0) is 15.4. The minimum atomic E-state index is -5.03. The van der Waals surface area contributed by atoms with Crippen LogP contribution >= 0.6 is 0 Å². The Bertz CT molecular complexity index is 444. The van der Waals surface area contributed by atoms with Gasteiger partial charge in [-0.05, 0) is 32.9 Å². The molecular weight excluding hydrogens is 277 g/mol. The Balaban J connectivity index is 2.83. The molecule has 0 fully saturated rings. The highest BCUT2D eigenvalue weighted by Gasteiger charge is 2.37. The lowest BCUT2D eigenvalue weighted by atomic mass is 10.2. The topological polar surface area (TPSA) is 50.8 Å². The summed E-state index contributed by atoms with van der Waals surface area (Å²) in [5.74, 6) is 0. The highest BCUT2D eigenvalue weighted by Crippen LogP contribution is 2.21. The van der Waals surface area contributed by atoms with Gasteiger partial charge in [-0.1, -0.05) is 23.4 Å². The van der Waals surface area contributed by atoms with Crippen molar-refractivity contribution in [2.75, 3.05) is 5.43 Å². The van der Waals surface area contributed by atoms with Crippen LogP contribution in [0, 0.1) is 0 Å². The van der Waals surface area contributed by atoms with E-state index < -0.39 is 18.1 Å². The number of alkyl halides is 3. The van der Waals surface area contributed by atoms with E-state index >= 15 is 0 Å². The molecular formula is C12H15F3N2O3. The molecule has 0 bridgehead atoms. The molecule has 0 aromatic heterocycles. The Morgan fingerprint density at radius 1 is 1.15 bits per heavy atom. The second kappa shape index (κ2) is 6.00. The molecule has 0 radical (unpaired) electrons. The first kappa shape index (κ1) is 16.1. The average molecular weight is 292 g/mol. The van der Waals surface area contributed by atoms with Gasteiger partial charge in [0.25, 0.3) is 0 Å². The smallest absolute Gasteiger partial charge is 0.441 e. The van der Waals surface area contributed by atoms with Gasteiger partial charge in [-0.25, -0.2) is 4.79 Å². The largest absolute Gasteiger partial charge is 0.545 e. The summed E-state index contributed by atoms with van der Waals surface area (Å²) in [5.41, 5.74) is 1.46. The molecule has 8 heteroatoms. The number of nitrogens with zero attached hydrogens (tertiary/aromatic N) is 1. The van der Waals surface area contributed by atoms with Gasteiger partial charge in [-0.15, -0.1) is 18.0 Å². The molecule has 0 heterocycles. The maximum atomic E-state index is 12.3. The van der Waals surface area contributed by atoms with Crippen LogP contribution in [0.25, 0.3) is 0 Å². The van der Waals surface area contributed by atoms with E-state index in [9.17, 15) is 18.0 Å². The third-order valence-corrected chi connectivity index (χ3v) is 1.76. The number of hydrogen-bond donors (Lipinski definition) is 1. The second-order valence-electron chi connectivity index (χ2n) is 4.79. The SMILES string of the molecule is CC(C)(C)OC(=O)N(Nc1ccccc1)OC(F)(F)F. The number of anilines is 1. The zero-order valence-corrected chi connectivity index (χ0v) is 11.2. The van der Waals surface area contributed by atoms with E-state index in [1.54, 1.807) is 18.2 Å². The van der Waals surface area contributed by atoms with Gasteiger partial charge in [0, 0.05) is 0 Å². The molecule has 0 saturated carbocycles. The summed E-state index contributed by atoms with van der Waals surface area (Å²) in [7, 11) is 0. The molecule has 0 aliphatic carbocycles. The van der Waals surface area contributed by atoms with Crippen molar-refractivity contribution in [2.24, 2.45) is 0 Å². The number of hydrogen-bond acceptors (Lipinski definition) is 4. The maximum absolute atomic E-state index is 12.3. The molecule has 1 aromatic rings. The summed E-state index contributed by atoms with van der Waals surface area (Å²) < 4.78 is 41.7. The van der Waals surface area contributed by atoms with Crippen LogP contribution in [0.5, 0.6) is 0 Å². The summed E-state index contributed by atoms with van der Waals surface area (Å²) in [6.07, 6.45) is -6.34. The number of rotatable bonds is 3. The number of carbonyl (C=O) groups is 1. The van der Waals surface area contributed by atoms with Crippen LogP contribution in [-0.4, -0.2) is 23.2 Å². The van der Waals surface area contributed by atoms with Crippen LogP contribution in [0.1, 0.15) is 20.8 Å². The van der Waals surface area contributed by atoms with Crippen LogP contribution in [0.15, 0.2) is 30.3 Å². The predicted octanol–water partition coefficient (Wildman–Crippen LogP) is 3.70. The van der Waals surface area contributed by atoms with E-state index in [0.29, 0.717) is 0 Å². The Labute approximate surface area is 114 Å². The summed E-state index contributed by atoms with van der Waals surface area (Å²) in [6.45, 7) is 4.58. The first-order valence-electron chi connectivity index (χ1n) is 5.67. The quantitative estimate of drug-likeness (QED) is 0.863. The Morgan fingerprint density at radius 3 is 2.15 bits per heavy atom. The van der Waals surface area contributed by atoms with Crippen LogP contribution in [0.4, 0.5) is 23.7 Å². The molecule has 1 aromatic carbocycles. The summed E-state index contributed by atoms with van der Waals surface area (Å²) in [5, 5.41) is -0.0966. The average Bonchev–Trinajstić information content (AvgIpc) is 2.25. The van der Waals surface area contributed by atoms with Gasteiger partial charge in [0.2, 0.25) is 0 Å². The third kappa shape index (κ3) is 6.28. The molecule has 1 amide bonds. The van der Waals surface area contributed by atoms with Crippen molar-refractivity contribution in [3.63, 3.8) is 0 Å². The van der Waals surface area contributed by atoms with Gasteiger partial charge >= 0.3 is 12.5 Å². The molecule has 0 aliphatic rings. The number of benzene rings is 1. The standard InChI is InChI=1S/C12H15F3N2O3/c1-11(2,3)19-10(18)17(20-12(13,14)15)16-9-7-5-4-6-8-9/h4-8,16H,1-3H3. The maximum Gasteiger partial charge on any atom is 0.545 e. The molecule has 0 atom stereocenters. The van der Waals surface area contributed by atoms with Gasteiger partial charge in [0.15, 0.2) is 0 Å². The van der Waals surface area contributed by atoms with Crippen molar-refractivity contribution in [1.82, 2.24) is 5.17 Å². The fourth-order valence-electron chi connectivity index (χ4n) is 1.14. The van der Waals surface area contributed by atoms with Gasteiger partial charge in [0.05, 0.1) is 5.69 Å². The first-order chi connectivity index (χ1) is 9.07. The van der Waals surface area contributed by atoms with Gasteiger partial charge in [-0.2, -0.15) is 0 Å². The van der Waals surface area contributed by atoms with Gasteiger partial charge < -0.3 is 4.74 Å². The lowest BCUT2D eigenvalue weighted by Crippen LogP contribution is -2.43. The van der Waals surface area contributed by atoms with E-state index in [4.69, 9.17) is 4.74 Å². The third-order valence-electron chi connectivity index (χ3n) is 1.76. The molecule has 5 nitrogen and oxygen atoms in total. The Hall–Kier alpha value is -1.96. The normalized spacial score (nSPS) is 11.9. The van der Waals surface area contributed by atoms with Crippen molar-refractivity contribution in [1.29, 1.82) is 0 Å². The lowest BCUT2D eigenvalue weighted by molar-refractivity contribution is -0.397. The number of carbonyl (C=O) groups excluding carboxylic acids is 1. The van der Waals surface area contributed by atoms with Crippen LogP contribution < -0.4 is 5.43 Å². The molecule has 0 unspecified atom stereocenters. The summed E-state index contributed by atoms with van der Waals surface area (Å²) in [6, 6.07) is 7.79. The minimum absolute atomic E-state index is 0.0966. The van der Waals surface area contributed by atoms with E-state index in [2.05, 4.69) is 10.3 Å². The highest BCUT2D eigenvalue weighted by atomic mass is 19.4. The van der Waals surface area contributed by atoms with Crippen LogP contribution in [0.2, 0.25) is 0 Å². The molecule has 1 N–H and O–H groups in total. The molecule has 112 valence electrons. The van der Waals surface area contributed by atoms with E-state index in [-0.39, 0.29) is 10.9 Å². The zero-order valence-electron chi connectivity index (χ0n) is 11.2.